The zero-order valence-electron chi connectivity index (χ0n) is 8.27. The topological polar surface area (TPSA) is 80.5 Å². The predicted octanol–water partition coefficient (Wildman–Crippen LogP) is 1.12. The fourth-order valence-corrected chi connectivity index (χ4v) is 1.97. The van der Waals surface area contributed by atoms with Crippen molar-refractivity contribution >= 4 is 11.8 Å². The monoisotopic (exact) mass is 221 g/mol. The summed E-state index contributed by atoms with van der Waals surface area (Å²) in [7, 11) is 0. The molecule has 2 aromatic heterocycles. The number of pyridine rings is 1. The number of nitrogens with zero attached hydrogens (tertiary/aromatic N) is 3. The standard InChI is InChI=1S/C9H11N5S/c1-6-12-9(14-13-6)15-8-7(5-10)3-2-4-11-8/h2-4H,5,10H2,1H3,(H,12,13,14). The van der Waals surface area contributed by atoms with Gasteiger partial charge in [-0.1, -0.05) is 6.07 Å². The van der Waals surface area contributed by atoms with E-state index >= 15 is 0 Å². The average Bonchev–Trinajstić information content (AvgIpc) is 2.65. The number of H-pyrrole nitrogens is 1. The summed E-state index contributed by atoms with van der Waals surface area (Å²) in [5.74, 6) is 0.794. The molecule has 0 atom stereocenters. The highest BCUT2D eigenvalue weighted by molar-refractivity contribution is 7.99. The number of hydrogen-bond donors (Lipinski definition) is 2. The van der Waals surface area contributed by atoms with Crippen molar-refractivity contribution in [2.75, 3.05) is 0 Å². The van der Waals surface area contributed by atoms with Crippen LogP contribution in [0.5, 0.6) is 0 Å². The van der Waals surface area contributed by atoms with E-state index in [1.165, 1.54) is 11.8 Å². The summed E-state index contributed by atoms with van der Waals surface area (Å²) in [6.07, 6.45) is 1.74. The van der Waals surface area contributed by atoms with Gasteiger partial charge in [-0.15, -0.1) is 5.10 Å². The van der Waals surface area contributed by atoms with Crippen LogP contribution in [0.1, 0.15) is 11.4 Å². The highest BCUT2D eigenvalue weighted by Crippen LogP contribution is 2.25. The molecule has 2 rings (SSSR count). The first-order valence-electron chi connectivity index (χ1n) is 4.50. The largest absolute Gasteiger partial charge is 0.326 e. The van der Waals surface area contributed by atoms with E-state index in [1.54, 1.807) is 6.20 Å². The first kappa shape index (κ1) is 10.1. The minimum Gasteiger partial charge on any atom is -0.326 e. The van der Waals surface area contributed by atoms with Crippen molar-refractivity contribution < 1.29 is 0 Å². The van der Waals surface area contributed by atoms with Gasteiger partial charge in [0.2, 0.25) is 5.16 Å². The molecule has 0 aromatic carbocycles. The average molecular weight is 221 g/mol. The van der Waals surface area contributed by atoms with Crippen molar-refractivity contribution in [3.05, 3.63) is 29.7 Å². The normalized spacial score (nSPS) is 10.5. The van der Waals surface area contributed by atoms with Crippen LogP contribution in [0.2, 0.25) is 0 Å². The summed E-state index contributed by atoms with van der Waals surface area (Å²) >= 11 is 1.42. The Labute approximate surface area is 91.5 Å². The number of rotatable bonds is 3. The molecule has 0 saturated heterocycles. The molecule has 0 aliphatic rings. The van der Waals surface area contributed by atoms with Crippen LogP contribution in [0.4, 0.5) is 0 Å². The van der Waals surface area contributed by atoms with Crippen LogP contribution in [-0.2, 0) is 6.54 Å². The lowest BCUT2D eigenvalue weighted by Gasteiger charge is -2.02. The number of nitrogens with two attached hydrogens (primary N) is 1. The van der Waals surface area contributed by atoms with E-state index < -0.39 is 0 Å². The van der Waals surface area contributed by atoms with E-state index in [2.05, 4.69) is 20.2 Å². The van der Waals surface area contributed by atoms with E-state index in [9.17, 15) is 0 Å². The van der Waals surface area contributed by atoms with Gasteiger partial charge in [0.15, 0.2) is 0 Å². The fraction of sp³-hybridized carbons (Fsp3) is 0.222. The van der Waals surface area contributed by atoms with Crippen LogP contribution in [0, 0.1) is 6.92 Å². The van der Waals surface area contributed by atoms with Gasteiger partial charge < -0.3 is 5.73 Å². The number of aromatic amines is 1. The van der Waals surface area contributed by atoms with Crippen LogP contribution in [0.3, 0.4) is 0 Å². The zero-order valence-corrected chi connectivity index (χ0v) is 9.08. The lowest BCUT2D eigenvalue weighted by Crippen LogP contribution is -1.99. The van der Waals surface area contributed by atoms with E-state index in [0.29, 0.717) is 11.7 Å². The maximum absolute atomic E-state index is 5.61. The Kier molecular flexibility index (Phi) is 2.98. The van der Waals surface area contributed by atoms with Crippen molar-refractivity contribution in [3.63, 3.8) is 0 Å². The second-order valence-electron chi connectivity index (χ2n) is 2.98. The first-order chi connectivity index (χ1) is 7.29. The third kappa shape index (κ3) is 2.34. The molecule has 78 valence electrons. The quantitative estimate of drug-likeness (QED) is 0.811. The lowest BCUT2D eigenvalue weighted by molar-refractivity contribution is 0.938. The zero-order chi connectivity index (χ0) is 10.7. The first-order valence-corrected chi connectivity index (χ1v) is 5.32. The highest BCUT2D eigenvalue weighted by Gasteiger charge is 2.07. The molecule has 0 saturated carbocycles. The van der Waals surface area contributed by atoms with Gasteiger partial charge >= 0.3 is 0 Å². The molecular weight excluding hydrogens is 210 g/mol. The summed E-state index contributed by atoms with van der Waals surface area (Å²) < 4.78 is 0. The van der Waals surface area contributed by atoms with Gasteiger partial charge in [0.25, 0.3) is 0 Å². The van der Waals surface area contributed by atoms with Crippen LogP contribution < -0.4 is 5.73 Å². The Hall–Kier alpha value is -1.40. The van der Waals surface area contributed by atoms with Gasteiger partial charge in [0.05, 0.1) is 0 Å². The smallest absolute Gasteiger partial charge is 0.214 e. The Morgan fingerprint density at radius 3 is 3.07 bits per heavy atom. The summed E-state index contributed by atoms with van der Waals surface area (Å²) in [5, 5.41) is 8.35. The third-order valence-corrected chi connectivity index (χ3v) is 2.76. The number of nitrogens with one attached hydrogen (secondary N) is 1. The lowest BCUT2D eigenvalue weighted by atomic mass is 10.3. The molecule has 0 amide bonds. The van der Waals surface area contributed by atoms with Crippen molar-refractivity contribution in [1.29, 1.82) is 0 Å². The van der Waals surface area contributed by atoms with Gasteiger partial charge in [0.1, 0.15) is 10.9 Å². The molecule has 3 N–H and O–H groups in total. The van der Waals surface area contributed by atoms with Crippen molar-refractivity contribution in [2.24, 2.45) is 5.73 Å². The van der Waals surface area contributed by atoms with Crippen LogP contribution >= 0.6 is 11.8 Å². The Morgan fingerprint density at radius 1 is 1.53 bits per heavy atom. The van der Waals surface area contributed by atoms with E-state index in [4.69, 9.17) is 5.73 Å². The third-order valence-electron chi connectivity index (χ3n) is 1.83. The van der Waals surface area contributed by atoms with E-state index in [0.717, 1.165) is 16.4 Å². The maximum atomic E-state index is 5.61. The minimum absolute atomic E-state index is 0.472. The number of aryl methyl sites for hydroxylation is 1. The Morgan fingerprint density at radius 2 is 2.40 bits per heavy atom. The van der Waals surface area contributed by atoms with Gasteiger partial charge in [-0.25, -0.2) is 9.97 Å². The van der Waals surface area contributed by atoms with Crippen molar-refractivity contribution in [3.8, 4) is 0 Å². The molecule has 0 fully saturated rings. The molecular formula is C9H11N5S. The number of aromatic nitrogens is 4. The molecule has 0 aliphatic carbocycles. The molecule has 6 heteroatoms. The molecule has 0 unspecified atom stereocenters. The minimum atomic E-state index is 0.472. The SMILES string of the molecule is Cc1nc(Sc2ncccc2CN)n[nH]1. The number of hydrogen-bond acceptors (Lipinski definition) is 5. The summed E-state index contributed by atoms with van der Waals surface area (Å²) in [5.41, 5.74) is 6.61. The van der Waals surface area contributed by atoms with Gasteiger partial charge in [-0.05, 0) is 30.3 Å². The summed E-state index contributed by atoms with van der Waals surface area (Å²) in [6, 6.07) is 3.82. The van der Waals surface area contributed by atoms with Crippen LogP contribution in [-0.4, -0.2) is 20.2 Å². The Bertz CT molecular complexity index is 453. The van der Waals surface area contributed by atoms with E-state index in [1.807, 2.05) is 19.1 Å². The van der Waals surface area contributed by atoms with E-state index in [-0.39, 0.29) is 0 Å². The van der Waals surface area contributed by atoms with Crippen LogP contribution in [0.25, 0.3) is 0 Å². The molecule has 2 aromatic rings. The molecule has 15 heavy (non-hydrogen) atoms. The highest BCUT2D eigenvalue weighted by atomic mass is 32.2. The second kappa shape index (κ2) is 4.41. The molecule has 5 nitrogen and oxygen atoms in total. The van der Waals surface area contributed by atoms with Crippen LogP contribution in [0.15, 0.2) is 28.5 Å². The molecule has 2 heterocycles. The molecule has 0 bridgehead atoms. The molecule has 0 radical (unpaired) electrons. The van der Waals surface area contributed by atoms with Gasteiger partial charge in [0, 0.05) is 12.7 Å². The maximum Gasteiger partial charge on any atom is 0.214 e. The summed E-state index contributed by atoms with van der Waals surface area (Å²) in [4.78, 5) is 8.44. The fourth-order valence-electron chi connectivity index (χ4n) is 1.13. The molecule has 0 spiro atoms. The molecule has 0 aliphatic heterocycles. The summed E-state index contributed by atoms with van der Waals surface area (Å²) in [6.45, 7) is 2.33. The second-order valence-corrected chi connectivity index (χ2v) is 3.93. The van der Waals surface area contributed by atoms with Gasteiger partial charge in [-0.2, -0.15) is 0 Å². The van der Waals surface area contributed by atoms with Crippen molar-refractivity contribution in [2.45, 2.75) is 23.7 Å². The van der Waals surface area contributed by atoms with Crippen molar-refractivity contribution in [1.82, 2.24) is 20.2 Å². The Balaban J connectivity index is 2.23. The predicted molar refractivity (Wildman–Crippen MR) is 57.4 cm³/mol. The van der Waals surface area contributed by atoms with Gasteiger partial charge in [-0.3, -0.25) is 5.10 Å².